The van der Waals surface area contributed by atoms with Gasteiger partial charge < -0.3 is 9.47 Å². The van der Waals surface area contributed by atoms with Crippen LogP contribution in [0.15, 0.2) is 90.5 Å². The van der Waals surface area contributed by atoms with Gasteiger partial charge in [-0.1, -0.05) is 36.4 Å². The van der Waals surface area contributed by atoms with Crippen LogP contribution in [0.3, 0.4) is 0 Å². The number of carbonyl (C=O) groups excluding carboxylic acids is 1. The molecule has 0 N–H and O–H groups in total. The third-order valence-electron chi connectivity index (χ3n) is 10.6. The summed E-state index contributed by atoms with van der Waals surface area (Å²) in [6.07, 6.45) is -7.20. The SMILES string of the molecule is C=CC.CCOC(=O)C1CCC(n2cc3c(n2)CCC(c2ccc(C(OCc4c(F)cccc4F)(C(F)(F)F)C(F)(F)F)cc2)(S(=O)(=O)c2ccc(F)cc2)C3)CC1. The number of ether oxygens (including phenoxy) is 2. The van der Waals surface area contributed by atoms with E-state index in [1.807, 2.05) is 6.92 Å². The zero-order valence-electron chi connectivity index (χ0n) is 31.5. The molecule has 1 saturated carbocycles. The minimum atomic E-state index is -6.21. The molecule has 4 aromatic rings. The van der Waals surface area contributed by atoms with Gasteiger partial charge >= 0.3 is 18.3 Å². The quantitative estimate of drug-likeness (QED) is 0.0684. The van der Waals surface area contributed by atoms with Crippen LogP contribution in [0.5, 0.6) is 0 Å². The molecule has 1 heterocycles. The minimum absolute atomic E-state index is 0.0506. The van der Waals surface area contributed by atoms with Gasteiger partial charge in [-0.3, -0.25) is 9.48 Å². The fraction of sp³-hybridized carbons (Fsp3) is 0.415. The first kappa shape index (κ1) is 44.5. The standard InChI is InChI=1S/C38H35F9N2O5S.C3H6/c1-2-53-34(50)23-6-14-28(15-7-23)49-21-24-20-35(19-18-33(24)48-49,55(51,52)29-16-12-27(39)13-17-29)25-8-10-26(11-9-25)36(37(42,43)44,38(45,46)47)54-22-30-31(40)4-3-5-32(30)41;1-3-2/h3-5,8-13,16-17,21,23,28H,2,6-7,14-15,18-20,22H2,1H3;3H,1H2,2H3. The number of aryl methyl sites for hydroxylation is 1. The third-order valence-corrected chi connectivity index (χ3v) is 13.1. The number of fused-ring (bicyclic) bond motifs is 1. The topological polar surface area (TPSA) is 87.5 Å². The zero-order valence-corrected chi connectivity index (χ0v) is 32.3. The van der Waals surface area contributed by atoms with E-state index >= 15 is 0 Å². The predicted molar refractivity (Wildman–Crippen MR) is 194 cm³/mol. The molecule has 0 bridgehead atoms. The second-order valence-electron chi connectivity index (χ2n) is 14.1. The first-order valence-electron chi connectivity index (χ1n) is 18.4. The lowest BCUT2D eigenvalue weighted by molar-refractivity contribution is -0.392. The number of allylic oxidation sites excluding steroid dienone is 1. The molecule has 58 heavy (non-hydrogen) atoms. The summed E-state index contributed by atoms with van der Waals surface area (Å²) in [6.45, 7) is 5.47. The molecular weight excluding hydrogens is 804 g/mol. The van der Waals surface area contributed by atoms with Gasteiger partial charge in [0.25, 0.3) is 5.60 Å². The third kappa shape index (κ3) is 8.42. The number of benzene rings is 3. The summed E-state index contributed by atoms with van der Waals surface area (Å²) in [5.74, 6) is -4.14. The summed E-state index contributed by atoms with van der Waals surface area (Å²) in [5.41, 5.74) is -6.88. The number of rotatable bonds is 10. The van der Waals surface area contributed by atoms with Crippen molar-refractivity contribution in [2.24, 2.45) is 5.92 Å². The lowest BCUT2D eigenvalue weighted by Crippen LogP contribution is -2.56. The van der Waals surface area contributed by atoms with Crippen molar-refractivity contribution in [3.8, 4) is 0 Å². The largest absolute Gasteiger partial charge is 0.466 e. The number of esters is 1. The Balaban J connectivity index is 0.00000207. The van der Waals surface area contributed by atoms with Crippen molar-refractivity contribution in [3.05, 3.63) is 131 Å². The number of nitrogens with zero attached hydrogens (tertiary/aromatic N) is 2. The number of alkyl halides is 6. The van der Waals surface area contributed by atoms with Crippen molar-refractivity contribution in [3.63, 3.8) is 0 Å². The van der Waals surface area contributed by atoms with Crippen LogP contribution >= 0.6 is 0 Å². The van der Waals surface area contributed by atoms with Gasteiger partial charge in [-0.2, -0.15) is 31.4 Å². The monoisotopic (exact) mass is 844 g/mol. The Morgan fingerprint density at radius 2 is 1.48 bits per heavy atom. The van der Waals surface area contributed by atoms with Gasteiger partial charge in [-0.05, 0) is 106 Å². The van der Waals surface area contributed by atoms with Gasteiger partial charge in [0.05, 0.1) is 35.8 Å². The van der Waals surface area contributed by atoms with Crippen LogP contribution in [0.25, 0.3) is 0 Å². The highest BCUT2D eigenvalue weighted by molar-refractivity contribution is 7.92. The first-order chi connectivity index (χ1) is 27.3. The average Bonchev–Trinajstić information content (AvgIpc) is 3.59. The first-order valence-corrected chi connectivity index (χ1v) is 19.9. The number of hydrogen-bond donors (Lipinski definition) is 0. The van der Waals surface area contributed by atoms with E-state index in [0.717, 1.165) is 42.5 Å². The van der Waals surface area contributed by atoms with E-state index in [1.165, 1.54) is 0 Å². The molecule has 0 aliphatic heterocycles. The summed E-state index contributed by atoms with van der Waals surface area (Å²) < 4.78 is 169. The maximum atomic E-state index is 14.7. The Hall–Kier alpha value is -4.64. The number of sulfone groups is 1. The summed E-state index contributed by atoms with van der Waals surface area (Å²) in [4.78, 5) is 11.9. The molecule has 3 aromatic carbocycles. The second-order valence-corrected chi connectivity index (χ2v) is 16.4. The van der Waals surface area contributed by atoms with Gasteiger partial charge in [0, 0.05) is 17.3 Å². The van der Waals surface area contributed by atoms with Crippen LogP contribution in [-0.2, 0) is 53.9 Å². The van der Waals surface area contributed by atoms with Gasteiger partial charge in [-0.25, -0.2) is 21.6 Å². The Morgan fingerprint density at radius 1 is 0.914 bits per heavy atom. The Kier molecular flexibility index (Phi) is 13.3. The molecule has 1 aromatic heterocycles. The van der Waals surface area contributed by atoms with Crippen molar-refractivity contribution in [2.45, 2.75) is 99.0 Å². The minimum Gasteiger partial charge on any atom is -0.466 e. The molecule has 0 spiro atoms. The van der Waals surface area contributed by atoms with E-state index in [0.29, 0.717) is 61.2 Å². The van der Waals surface area contributed by atoms with E-state index in [4.69, 9.17) is 9.84 Å². The van der Waals surface area contributed by atoms with Gasteiger partial charge in [0.15, 0.2) is 9.84 Å². The van der Waals surface area contributed by atoms with Crippen molar-refractivity contribution < 1.29 is 62.2 Å². The van der Waals surface area contributed by atoms with E-state index in [1.54, 1.807) is 23.9 Å². The van der Waals surface area contributed by atoms with Crippen molar-refractivity contribution in [1.29, 1.82) is 0 Å². The fourth-order valence-corrected chi connectivity index (χ4v) is 9.74. The molecule has 7 nitrogen and oxygen atoms in total. The molecule has 1 fully saturated rings. The maximum absolute atomic E-state index is 14.7. The van der Waals surface area contributed by atoms with Gasteiger partial charge in [0.1, 0.15) is 22.2 Å². The summed E-state index contributed by atoms with van der Waals surface area (Å²) >= 11 is 0. The summed E-state index contributed by atoms with van der Waals surface area (Å²) in [5, 5.41) is 4.70. The van der Waals surface area contributed by atoms with Crippen LogP contribution < -0.4 is 0 Å². The second kappa shape index (κ2) is 17.3. The molecule has 1 atom stereocenters. The van der Waals surface area contributed by atoms with Crippen molar-refractivity contribution in [2.75, 3.05) is 6.61 Å². The maximum Gasteiger partial charge on any atom is 0.430 e. The van der Waals surface area contributed by atoms with Crippen LogP contribution in [0.1, 0.15) is 79.9 Å². The molecule has 0 radical (unpaired) electrons. The number of carbonyl (C=O) groups is 1. The fourth-order valence-electron chi connectivity index (χ4n) is 7.63. The van der Waals surface area contributed by atoms with E-state index < -0.39 is 67.7 Å². The van der Waals surface area contributed by atoms with Crippen LogP contribution in [0, 0.1) is 23.4 Å². The molecule has 314 valence electrons. The highest BCUT2D eigenvalue weighted by atomic mass is 32.2. The van der Waals surface area contributed by atoms with Crippen LogP contribution in [0.2, 0.25) is 0 Å². The highest BCUT2D eigenvalue weighted by Crippen LogP contribution is 2.54. The van der Waals surface area contributed by atoms with Crippen molar-refractivity contribution in [1.82, 2.24) is 9.78 Å². The van der Waals surface area contributed by atoms with E-state index in [2.05, 4.69) is 11.3 Å². The highest BCUT2D eigenvalue weighted by Gasteiger charge is 2.73. The lowest BCUT2D eigenvalue weighted by Gasteiger charge is -2.39. The zero-order chi connectivity index (χ0) is 42.7. The number of aromatic nitrogens is 2. The van der Waals surface area contributed by atoms with Crippen LogP contribution in [-0.4, -0.2) is 43.1 Å². The molecule has 2 aliphatic carbocycles. The molecule has 6 rings (SSSR count). The molecule has 1 unspecified atom stereocenters. The summed E-state index contributed by atoms with van der Waals surface area (Å²) in [6, 6.07) is 8.48. The van der Waals surface area contributed by atoms with Gasteiger partial charge in [-0.15, -0.1) is 6.58 Å². The van der Waals surface area contributed by atoms with E-state index in [-0.39, 0.29) is 54.3 Å². The van der Waals surface area contributed by atoms with E-state index in [9.17, 15) is 52.7 Å². The molecular formula is C41H41F9N2O5S. The number of halogens is 9. The Morgan fingerprint density at radius 3 is 2.02 bits per heavy atom. The molecule has 2 aliphatic rings. The smallest absolute Gasteiger partial charge is 0.430 e. The lowest BCUT2D eigenvalue weighted by atomic mass is 9.81. The Labute approximate surface area is 329 Å². The molecule has 0 saturated heterocycles. The summed E-state index contributed by atoms with van der Waals surface area (Å²) in [7, 11) is -4.55. The normalized spacial score (nSPS) is 20.1. The van der Waals surface area contributed by atoms with Crippen LogP contribution in [0.4, 0.5) is 39.5 Å². The number of hydrogen-bond acceptors (Lipinski definition) is 6. The average molecular weight is 845 g/mol. The predicted octanol–water partition coefficient (Wildman–Crippen LogP) is 10.2. The van der Waals surface area contributed by atoms with Crippen molar-refractivity contribution >= 4 is 15.8 Å². The molecule has 0 amide bonds. The molecule has 17 heteroatoms. The Bertz CT molecular complexity index is 2140. The van der Waals surface area contributed by atoms with Gasteiger partial charge in [0.2, 0.25) is 0 Å².